The third-order valence-electron chi connectivity index (χ3n) is 3.63. The number of benzene rings is 1. The van der Waals surface area contributed by atoms with Crippen LogP contribution in [0.3, 0.4) is 0 Å². The predicted octanol–water partition coefficient (Wildman–Crippen LogP) is 3.06. The van der Waals surface area contributed by atoms with Crippen molar-refractivity contribution in [2.24, 2.45) is 0 Å². The Kier molecular flexibility index (Phi) is 4.47. The third kappa shape index (κ3) is 3.28. The largest absolute Gasteiger partial charge is 0.507 e. The molecule has 2 rings (SSSR count). The topological polar surface area (TPSA) is 52.6 Å². The molecule has 0 bridgehead atoms. The molecule has 0 saturated carbocycles. The lowest BCUT2D eigenvalue weighted by molar-refractivity contribution is 0.0368. The van der Waals surface area contributed by atoms with Crippen molar-refractivity contribution in [2.75, 3.05) is 0 Å². The van der Waals surface area contributed by atoms with Crippen molar-refractivity contribution in [1.82, 2.24) is 10.4 Å². The number of nitrogens with one attached hydrogen (secondary N) is 1. The summed E-state index contributed by atoms with van der Waals surface area (Å²) in [6.45, 7) is 4.22. The number of carbonyl (C=O) groups is 1. The van der Waals surface area contributed by atoms with Crippen LogP contribution in [0.15, 0.2) is 22.7 Å². The fourth-order valence-corrected chi connectivity index (χ4v) is 2.86. The maximum atomic E-state index is 12.2. The number of aromatic hydroxyl groups is 1. The molecule has 1 aromatic rings. The average Bonchev–Trinajstić information content (AvgIpc) is 2.33. The lowest BCUT2D eigenvalue weighted by atomic mass is 10.00. The molecule has 2 atom stereocenters. The molecular formula is C14H19BrN2O2. The van der Waals surface area contributed by atoms with Crippen LogP contribution >= 0.6 is 15.9 Å². The van der Waals surface area contributed by atoms with Gasteiger partial charge >= 0.3 is 0 Å². The molecule has 1 aliphatic rings. The third-order valence-corrected chi connectivity index (χ3v) is 4.12. The SMILES string of the molecule is CC1CCCC(C)N1NC(=O)c1ccc(Br)cc1O. The number of phenolic OH excluding ortho intramolecular Hbond substituents is 1. The maximum Gasteiger partial charge on any atom is 0.269 e. The quantitative estimate of drug-likeness (QED) is 0.878. The van der Waals surface area contributed by atoms with E-state index in [0.717, 1.165) is 17.3 Å². The summed E-state index contributed by atoms with van der Waals surface area (Å²) in [5.74, 6) is -0.269. The molecule has 1 aromatic carbocycles. The molecule has 0 aliphatic carbocycles. The number of hydrogen-bond acceptors (Lipinski definition) is 3. The highest BCUT2D eigenvalue weighted by molar-refractivity contribution is 9.10. The van der Waals surface area contributed by atoms with Gasteiger partial charge in [-0.3, -0.25) is 10.2 Å². The Morgan fingerprint density at radius 2 is 2.00 bits per heavy atom. The molecular weight excluding hydrogens is 308 g/mol. The van der Waals surface area contributed by atoms with Gasteiger partial charge in [0.1, 0.15) is 5.75 Å². The molecule has 19 heavy (non-hydrogen) atoms. The Balaban J connectivity index is 2.11. The van der Waals surface area contributed by atoms with Crippen molar-refractivity contribution in [2.45, 2.75) is 45.2 Å². The van der Waals surface area contributed by atoms with E-state index >= 15 is 0 Å². The molecule has 2 unspecified atom stereocenters. The molecule has 104 valence electrons. The van der Waals surface area contributed by atoms with Gasteiger partial charge in [0, 0.05) is 16.6 Å². The number of amides is 1. The Morgan fingerprint density at radius 3 is 2.58 bits per heavy atom. The molecule has 4 nitrogen and oxygen atoms in total. The summed E-state index contributed by atoms with van der Waals surface area (Å²) in [6.07, 6.45) is 3.35. The van der Waals surface area contributed by atoms with E-state index in [1.165, 1.54) is 12.5 Å². The van der Waals surface area contributed by atoms with Gasteiger partial charge in [-0.2, -0.15) is 0 Å². The second kappa shape index (κ2) is 5.92. The zero-order valence-electron chi connectivity index (χ0n) is 11.2. The highest BCUT2D eigenvalue weighted by atomic mass is 79.9. The highest BCUT2D eigenvalue weighted by Crippen LogP contribution is 2.24. The van der Waals surface area contributed by atoms with Gasteiger partial charge in [-0.1, -0.05) is 22.4 Å². The second-order valence-corrected chi connectivity index (χ2v) is 6.05. The second-order valence-electron chi connectivity index (χ2n) is 5.14. The fourth-order valence-electron chi connectivity index (χ4n) is 2.52. The van der Waals surface area contributed by atoms with Gasteiger partial charge < -0.3 is 5.11 Å². The summed E-state index contributed by atoms with van der Waals surface area (Å²) in [6, 6.07) is 5.54. The van der Waals surface area contributed by atoms with E-state index in [-0.39, 0.29) is 11.7 Å². The van der Waals surface area contributed by atoms with Crippen LogP contribution in [0.25, 0.3) is 0 Å². The van der Waals surface area contributed by atoms with Crippen molar-refractivity contribution in [3.8, 4) is 5.75 Å². The number of nitrogens with zero attached hydrogens (tertiary/aromatic N) is 1. The van der Waals surface area contributed by atoms with Crippen molar-refractivity contribution in [3.63, 3.8) is 0 Å². The first-order chi connectivity index (χ1) is 8.99. The standard InChI is InChI=1S/C14H19BrN2O2/c1-9-4-3-5-10(2)17(9)16-14(19)12-7-6-11(15)8-13(12)18/h6-10,18H,3-5H2,1-2H3,(H,16,19). The van der Waals surface area contributed by atoms with Crippen molar-refractivity contribution < 1.29 is 9.90 Å². The van der Waals surface area contributed by atoms with E-state index in [1.54, 1.807) is 12.1 Å². The lowest BCUT2D eigenvalue weighted by Crippen LogP contribution is -2.54. The van der Waals surface area contributed by atoms with Crippen molar-refractivity contribution in [1.29, 1.82) is 0 Å². The summed E-state index contributed by atoms with van der Waals surface area (Å²) in [4.78, 5) is 12.2. The van der Waals surface area contributed by atoms with Crippen LogP contribution in [0, 0.1) is 0 Å². The summed E-state index contributed by atoms with van der Waals surface area (Å²) in [5, 5.41) is 11.8. The van der Waals surface area contributed by atoms with E-state index in [0.29, 0.717) is 17.6 Å². The fraction of sp³-hybridized carbons (Fsp3) is 0.500. The Labute approximate surface area is 121 Å². The van der Waals surface area contributed by atoms with Gasteiger partial charge in [-0.15, -0.1) is 0 Å². The summed E-state index contributed by atoms with van der Waals surface area (Å²) in [5.41, 5.74) is 3.21. The number of halogens is 1. The first-order valence-corrected chi connectivity index (χ1v) is 7.36. The maximum absolute atomic E-state index is 12.2. The van der Waals surface area contributed by atoms with Crippen LogP contribution in [-0.2, 0) is 0 Å². The monoisotopic (exact) mass is 326 g/mol. The minimum Gasteiger partial charge on any atom is -0.507 e. The summed E-state index contributed by atoms with van der Waals surface area (Å²) in [7, 11) is 0. The molecule has 2 N–H and O–H groups in total. The minimum absolute atomic E-state index is 0.0100. The highest BCUT2D eigenvalue weighted by Gasteiger charge is 2.27. The van der Waals surface area contributed by atoms with E-state index in [2.05, 4.69) is 35.2 Å². The number of hydrazine groups is 1. The van der Waals surface area contributed by atoms with Crippen LogP contribution in [0.4, 0.5) is 0 Å². The molecule has 0 spiro atoms. The minimum atomic E-state index is -0.259. The zero-order chi connectivity index (χ0) is 14.0. The lowest BCUT2D eigenvalue weighted by Gasteiger charge is -2.38. The normalized spacial score (nSPS) is 24.2. The molecule has 1 fully saturated rings. The van der Waals surface area contributed by atoms with Gasteiger partial charge in [0.2, 0.25) is 0 Å². The first-order valence-electron chi connectivity index (χ1n) is 6.57. The molecule has 5 heteroatoms. The summed E-state index contributed by atoms with van der Waals surface area (Å²) < 4.78 is 0.751. The van der Waals surface area contributed by atoms with Gasteiger partial charge in [0.25, 0.3) is 5.91 Å². The van der Waals surface area contributed by atoms with Crippen LogP contribution in [0.2, 0.25) is 0 Å². The average molecular weight is 327 g/mol. The molecule has 1 amide bonds. The molecule has 1 saturated heterocycles. The van der Waals surface area contributed by atoms with Crippen molar-refractivity contribution >= 4 is 21.8 Å². The Hall–Kier alpha value is -1.07. The van der Waals surface area contributed by atoms with Crippen molar-refractivity contribution in [3.05, 3.63) is 28.2 Å². The van der Waals surface area contributed by atoms with E-state index in [9.17, 15) is 9.90 Å². The van der Waals surface area contributed by atoms with Gasteiger partial charge in [0.15, 0.2) is 0 Å². The molecule has 0 radical (unpaired) electrons. The number of rotatable bonds is 2. The number of hydrogen-bond donors (Lipinski definition) is 2. The number of carbonyl (C=O) groups excluding carboxylic acids is 1. The smallest absolute Gasteiger partial charge is 0.269 e. The van der Waals surface area contributed by atoms with Gasteiger partial charge in [-0.05, 0) is 44.9 Å². The molecule has 1 aliphatic heterocycles. The number of phenols is 1. The van der Waals surface area contributed by atoms with Crippen LogP contribution in [0.1, 0.15) is 43.5 Å². The first kappa shape index (κ1) is 14.3. The molecule has 0 aromatic heterocycles. The van der Waals surface area contributed by atoms with Crippen LogP contribution in [-0.4, -0.2) is 28.1 Å². The molecule has 1 heterocycles. The van der Waals surface area contributed by atoms with Gasteiger partial charge in [0.05, 0.1) is 5.56 Å². The van der Waals surface area contributed by atoms with Crippen LogP contribution < -0.4 is 5.43 Å². The van der Waals surface area contributed by atoms with E-state index in [1.807, 2.05) is 5.01 Å². The van der Waals surface area contributed by atoms with Crippen LogP contribution in [0.5, 0.6) is 5.75 Å². The van der Waals surface area contributed by atoms with E-state index < -0.39 is 0 Å². The van der Waals surface area contributed by atoms with E-state index in [4.69, 9.17) is 0 Å². The van der Waals surface area contributed by atoms with Gasteiger partial charge in [-0.25, -0.2) is 5.01 Å². The number of piperidine rings is 1. The zero-order valence-corrected chi connectivity index (χ0v) is 12.8. The Morgan fingerprint density at radius 1 is 1.37 bits per heavy atom. The summed E-state index contributed by atoms with van der Waals surface area (Å²) >= 11 is 3.26. The predicted molar refractivity (Wildman–Crippen MR) is 77.9 cm³/mol. The Bertz CT molecular complexity index is 469.